The van der Waals surface area contributed by atoms with Crippen molar-refractivity contribution in [2.45, 2.75) is 37.5 Å². The van der Waals surface area contributed by atoms with Crippen molar-refractivity contribution in [2.75, 3.05) is 0 Å². The van der Waals surface area contributed by atoms with Gasteiger partial charge in [-0.3, -0.25) is 4.79 Å². The third-order valence-electron chi connectivity index (χ3n) is 3.26. The summed E-state index contributed by atoms with van der Waals surface area (Å²) in [6, 6.07) is 7.24. The predicted octanol–water partition coefficient (Wildman–Crippen LogP) is 3.79. The van der Waals surface area contributed by atoms with Crippen molar-refractivity contribution < 1.29 is 13.6 Å². The minimum absolute atomic E-state index is 0.0207. The highest BCUT2D eigenvalue weighted by Crippen LogP contribution is 2.40. The van der Waals surface area contributed by atoms with Gasteiger partial charge in [0.05, 0.1) is 0 Å². The first-order valence-corrected chi connectivity index (χ1v) is 5.54. The monoisotopic (exact) mass is 224 g/mol. The molecular weight excluding hydrogens is 210 g/mol. The molecule has 1 saturated carbocycles. The van der Waals surface area contributed by atoms with E-state index >= 15 is 0 Å². The largest absolute Gasteiger partial charge is 0.298 e. The zero-order valence-corrected chi connectivity index (χ0v) is 8.96. The number of carbonyl (C=O) groups is 1. The average Bonchev–Trinajstić information content (AvgIpc) is 2.29. The molecule has 0 heterocycles. The van der Waals surface area contributed by atoms with Crippen molar-refractivity contribution in [3.8, 4) is 0 Å². The van der Waals surface area contributed by atoms with E-state index in [1.807, 2.05) is 12.1 Å². The van der Waals surface area contributed by atoms with Crippen LogP contribution in [-0.2, 0) is 0 Å². The normalized spacial score (nSPS) is 20.6. The molecule has 16 heavy (non-hydrogen) atoms. The molecule has 3 heteroatoms. The predicted molar refractivity (Wildman–Crippen MR) is 58.0 cm³/mol. The molecule has 0 aliphatic heterocycles. The maximum Gasteiger partial charge on any atom is 0.248 e. The standard InChI is InChI=1S/C13H14F2O/c14-13(15)7-5-12(6-8-13)11-3-1-10(9-16)2-4-11/h1-4,9,12H,5-8H2. The Morgan fingerprint density at radius 3 is 2.19 bits per heavy atom. The third kappa shape index (κ3) is 2.46. The van der Waals surface area contributed by atoms with E-state index in [2.05, 4.69) is 0 Å². The van der Waals surface area contributed by atoms with Crippen LogP contribution in [0.1, 0.15) is 47.5 Å². The van der Waals surface area contributed by atoms with Gasteiger partial charge >= 0.3 is 0 Å². The van der Waals surface area contributed by atoms with Crippen molar-refractivity contribution >= 4 is 6.29 Å². The third-order valence-corrected chi connectivity index (χ3v) is 3.26. The molecule has 1 nitrogen and oxygen atoms in total. The fraction of sp³-hybridized carbons (Fsp3) is 0.462. The lowest BCUT2D eigenvalue weighted by Gasteiger charge is -2.28. The summed E-state index contributed by atoms with van der Waals surface area (Å²) in [6.45, 7) is 0. The zero-order valence-electron chi connectivity index (χ0n) is 8.96. The van der Waals surface area contributed by atoms with Crippen molar-refractivity contribution in [3.63, 3.8) is 0 Å². The highest BCUT2D eigenvalue weighted by molar-refractivity contribution is 5.74. The number of benzene rings is 1. The van der Waals surface area contributed by atoms with E-state index in [1.165, 1.54) is 0 Å². The molecule has 0 bridgehead atoms. The van der Waals surface area contributed by atoms with E-state index < -0.39 is 5.92 Å². The fourth-order valence-corrected chi connectivity index (χ4v) is 2.22. The van der Waals surface area contributed by atoms with E-state index in [9.17, 15) is 13.6 Å². The van der Waals surface area contributed by atoms with Gasteiger partial charge in [-0.2, -0.15) is 0 Å². The molecule has 0 N–H and O–H groups in total. The summed E-state index contributed by atoms with van der Waals surface area (Å²) in [5.41, 5.74) is 1.70. The minimum atomic E-state index is -2.47. The van der Waals surface area contributed by atoms with Gasteiger partial charge in [0.25, 0.3) is 0 Å². The van der Waals surface area contributed by atoms with Gasteiger partial charge < -0.3 is 0 Å². The van der Waals surface area contributed by atoms with Gasteiger partial charge in [-0.05, 0) is 24.3 Å². The first kappa shape index (κ1) is 11.2. The highest BCUT2D eigenvalue weighted by atomic mass is 19.3. The molecule has 86 valence electrons. The smallest absolute Gasteiger partial charge is 0.248 e. The topological polar surface area (TPSA) is 17.1 Å². The minimum Gasteiger partial charge on any atom is -0.298 e. The molecule has 0 amide bonds. The van der Waals surface area contributed by atoms with Crippen LogP contribution >= 0.6 is 0 Å². The maximum atomic E-state index is 13.0. The van der Waals surface area contributed by atoms with Gasteiger partial charge in [-0.1, -0.05) is 24.3 Å². The highest BCUT2D eigenvalue weighted by Gasteiger charge is 2.35. The molecule has 0 atom stereocenters. The number of rotatable bonds is 2. The summed E-state index contributed by atoms with van der Waals surface area (Å²) in [5, 5.41) is 0. The van der Waals surface area contributed by atoms with Gasteiger partial charge in [0.2, 0.25) is 5.92 Å². The van der Waals surface area contributed by atoms with Crippen LogP contribution in [0.3, 0.4) is 0 Å². The van der Waals surface area contributed by atoms with Gasteiger partial charge in [-0.15, -0.1) is 0 Å². The molecule has 0 aromatic heterocycles. The molecule has 0 spiro atoms. The molecule has 0 saturated heterocycles. The molecule has 1 aliphatic rings. The van der Waals surface area contributed by atoms with E-state index in [-0.39, 0.29) is 18.8 Å². The Morgan fingerprint density at radius 1 is 1.12 bits per heavy atom. The molecule has 1 fully saturated rings. The Hall–Kier alpha value is -1.25. The van der Waals surface area contributed by atoms with Crippen molar-refractivity contribution in [1.82, 2.24) is 0 Å². The number of aldehydes is 1. The van der Waals surface area contributed by atoms with Crippen LogP contribution < -0.4 is 0 Å². The first-order valence-electron chi connectivity index (χ1n) is 5.54. The van der Waals surface area contributed by atoms with E-state index in [0.717, 1.165) is 11.8 Å². The number of hydrogen-bond acceptors (Lipinski definition) is 1. The van der Waals surface area contributed by atoms with E-state index in [0.29, 0.717) is 18.4 Å². The lowest BCUT2D eigenvalue weighted by molar-refractivity contribution is -0.0382. The number of hydrogen-bond donors (Lipinski definition) is 0. The van der Waals surface area contributed by atoms with E-state index in [4.69, 9.17) is 0 Å². The lowest BCUT2D eigenvalue weighted by atomic mass is 9.82. The van der Waals surface area contributed by atoms with Crippen LogP contribution in [0.5, 0.6) is 0 Å². The maximum absolute atomic E-state index is 13.0. The Bertz CT molecular complexity index is 360. The summed E-state index contributed by atoms with van der Waals surface area (Å²) in [5.74, 6) is -2.25. The number of alkyl halides is 2. The molecule has 1 aromatic carbocycles. The van der Waals surface area contributed by atoms with E-state index in [1.54, 1.807) is 12.1 Å². The van der Waals surface area contributed by atoms with Crippen molar-refractivity contribution in [1.29, 1.82) is 0 Å². The Kier molecular flexibility index (Phi) is 3.03. The second-order valence-corrected chi connectivity index (χ2v) is 4.41. The molecule has 1 aromatic rings. The van der Waals surface area contributed by atoms with Crippen molar-refractivity contribution in [3.05, 3.63) is 35.4 Å². The Morgan fingerprint density at radius 2 is 1.69 bits per heavy atom. The molecular formula is C13H14F2O. The van der Waals surface area contributed by atoms with Crippen LogP contribution in [0.25, 0.3) is 0 Å². The van der Waals surface area contributed by atoms with Crippen LogP contribution in [0.15, 0.2) is 24.3 Å². The summed E-state index contributed by atoms with van der Waals surface area (Å²) in [4.78, 5) is 10.5. The quantitative estimate of drug-likeness (QED) is 0.698. The lowest BCUT2D eigenvalue weighted by Crippen LogP contribution is -2.23. The molecule has 0 radical (unpaired) electrons. The second kappa shape index (κ2) is 4.32. The van der Waals surface area contributed by atoms with Crippen molar-refractivity contribution in [2.24, 2.45) is 0 Å². The summed E-state index contributed by atoms with van der Waals surface area (Å²) < 4.78 is 25.9. The van der Waals surface area contributed by atoms with Gasteiger partial charge in [0, 0.05) is 18.4 Å². The summed E-state index contributed by atoms with van der Waals surface area (Å²) in [6.07, 6.45) is 1.82. The Balaban J connectivity index is 2.05. The molecule has 2 rings (SSSR count). The average molecular weight is 224 g/mol. The van der Waals surface area contributed by atoms with Gasteiger partial charge in [0.15, 0.2) is 0 Å². The van der Waals surface area contributed by atoms with Crippen LogP contribution in [-0.4, -0.2) is 12.2 Å². The van der Waals surface area contributed by atoms with Crippen LogP contribution in [0, 0.1) is 0 Å². The Labute approximate surface area is 93.5 Å². The summed E-state index contributed by atoms with van der Waals surface area (Å²) in [7, 11) is 0. The SMILES string of the molecule is O=Cc1ccc(C2CCC(F)(F)CC2)cc1. The molecule has 1 aliphatic carbocycles. The van der Waals surface area contributed by atoms with Gasteiger partial charge in [0.1, 0.15) is 6.29 Å². The zero-order chi connectivity index (χ0) is 11.6. The number of halogens is 2. The first-order chi connectivity index (χ1) is 7.61. The molecule has 0 unspecified atom stereocenters. The number of carbonyl (C=O) groups excluding carboxylic acids is 1. The van der Waals surface area contributed by atoms with Gasteiger partial charge in [-0.25, -0.2) is 8.78 Å². The van der Waals surface area contributed by atoms with Crippen LogP contribution in [0.4, 0.5) is 8.78 Å². The second-order valence-electron chi connectivity index (χ2n) is 4.41. The van der Waals surface area contributed by atoms with Crippen LogP contribution in [0.2, 0.25) is 0 Å². The summed E-state index contributed by atoms with van der Waals surface area (Å²) >= 11 is 0. The fourth-order valence-electron chi connectivity index (χ4n) is 2.22.